The van der Waals surface area contributed by atoms with Crippen LogP contribution < -0.4 is 0 Å². The van der Waals surface area contributed by atoms with Crippen LogP contribution in [-0.4, -0.2) is 49.3 Å². The zero-order valence-electron chi connectivity index (χ0n) is 7.49. The van der Waals surface area contributed by atoms with E-state index in [1.807, 2.05) is 11.9 Å². The number of ether oxygens (including phenoxy) is 1. The smallest absolute Gasteiger partial charge is 0.310 e. The molecular formula is C8H15NO3. The van der Waals surface area contributed by atoms with E-state index < -0.39 is 5.97 Å². The van der Waals surface area contributed by atoms with E-state index in [1.54, 1.807) is 7.11 Å². The Hall–Kier alpha value is -0.610. The quantitative estimate of drug-likeness (QED) is 0.640. The number of aliphatic carboxylic acids is 1. The fourth-order valence-electron chi connectivity index (χ4n) is 1.61. The minimum Gasteiger partial charge on any atom is -0.481 e. The Bertz CT molecular complexity index is 172. The summed E-state index contributed by atoms with van der Waals surface area (Å²) in [5.74, 6) is -1.12. The topological polar surface area (TPSA) is 49.8 Å². The van der Waals surface area contributed by atoms with E-state index in [1.165, 1.54) is 0 Å². The van der Waals surface area contributed by atoms with Crippen LogP contribution in [0.1, 0.15) is 6.42 Å². The summed E-state index contributed by atoms with van der Waals surface area (Å²) < 4.78 is 5.11. The Morgan fingerprint density at radius 1 is 1.67 bits per heavy atom. The van der Waals surface area contributed by atoms with Gasteiger partial charge in [0.1, 0.15) is 0 Å². The summed E-state index contributed by atoms with van der Waals surface area (Å²) in [4.78, 5) is 12.8. The van der Waals surface area contributed by atoms with Gasteiger partial charge in [0.05, 0.1) is 12.0 Å². The first-order valence-electron chi connectivity index (χ1n) is 4.09. The van der Waals surface area contributed by atoms with E-state index in [2.05, 4.69) is 0 Å². The van der Waals surface area contributed by atoms with Crippen LogP contribution in [0.3, 0.4) is 0 Å². The fourth-order valence-corrected chi connectivity index (χ4v) is 1.61. The van der Waals surface area contributed by atoms with E-state index in [0.717, 1.165) is 13.0 Å². The zero-order valence-corrected chi connectivity index (χ0v) is 7.49. The Morgan fingerprint density at radius 3 is 2.83 bits per heavy atom. The first-order chi connectivity index (χ1) is 5.65. The normalized spacial score (nSPS) is 31.8. The molecule has 0 aromatic carbocycles. The van der Waals surface area contributed by atoms with Crippen LogP contribution in [0.2, 0.25) is 0 Å². The number of piperidine rings is 1. The molecule has 0 spiro atoms. The van der Waals surface area contributed by atoms with Crippen LogP contribution in [0, 0.1) is 5.92 Å². The molecule has 0 aromatic rings. The molecule has 1 fully saturated rings. The lowest BCUT2D eigenvalue weighted by Crippen LogP contribution is -2.45. The highest BCUT2D eigenvalue weighted by molar-refractivity contribution is 5.71. The minimum atomic E-state index is -0.756. The highest BCUT2D eigenvalue weighted by Gasteiger charge is 2.32. The van der Waals surface area contributed by atoms with Crippen LogP contribution in [0.15, 0.2) is 0 Å². The minimum absolute atomic E-state index is 0.112. The van der Waals surface area contributed by atoms with Gasteiger partial charge in [0.15, 0.2) is 0 Å². The molecule has 0 radical (unpaired) electrons. The zero-order chi connectivity index (χ0) is 9.14. The van der Waals surface area contributed by atoms with Crippen molar-refractivity contribution in [2.75, 3.05) is 27.2 Å². The van der Waals surface area contributed by atoms with Crippen molar-refractivity contribution in [2.24, 2.45) is 5.92 Å². The number of methoxy groups -OCH3 is 1. The summed E-state index contributed by atoms with van der Waals surface area (Å²) in [5, 5.41) is 8.85. The molecule has 0 bridgehead atoms. The van der Waals surface area contributed by atoms with Gasteiger partial charge in [-0.15, -0.1) is 0 Å². The molecule has 4 nitrogen and oxygen atoms in total. The molecule has 1 saturated heterocycles. The van der Waals surface area contributed by atoms with Crippen LogP contribution >= 0.6 is 0 Å². The van der Waals surface area contributed by atoms with E-state index in [9.17, 15) is 4.79 Å². The molecule has 1 aliphatic heterocycles. The fraction of sp³-hybridized carbons (Fsp3) is 0.875. The van der Waals surface area contributed by atoms with Crippen molar-refractivity contribution in [1.29, 1.82) is 0 Å². The molecule has 1 rings (SSSR count). The van der Waals surface area contributed by atoms with E-state index >= 15 is 0 Å². The van der Waals surface area contributed by atoms with Crippen LogP contribution in [0.4, 0.5) is 0 Å². The lowest BCUT2D eigenvalue weighted by atomic mass is 9.95. The maximum Gasteiger partial charge on any atom is 0.310 e. The molecule has 2 atom stereocenters. The molecule has 1 aliphatic rings. The average Bonchev–Trinajstić information content (AvgIpc) is 2.04. The molecule has 0 aromatic heterocycles. The number of rotatable bonds is 2. The summed E-state index contributed by atoms with van der Waals surface area (Å²) in [5.41, 5.74) is 0. The predicted octanol–water partition coefficient (Wildman–Crippen LogP) is 0.0377. The second-order valence-corrected chi connectivity index (χ2v) is 3.27. The van der Waals surface area contributed by atoms with E-state index in [4.69, 9.17) is 9.84 Å². The van der Waals surface area contributed by atoms with Gasteiger partial charge in [0, 0.05) is 20.2 Å². The second kappa shape index (κ2) is 3.87. The highest BCUT2D eigenvalue weighted by atomic mass is 16.5. The van der Waals surface area contributed by atoms with Gasteiger partial charge in [0.25, 0.3) is 0 Å². The van der Waals surface area contributed by atoms with Gasteiger partial charge in [-0.2, -0.15) is 0 Å². The Morgan fingerprint density at radius 2 is 2.33 bits per heavy atom. The molecule has 70 valence electrons. The molecule has 0 aliphatic carbocycles. The first kappa shape index (κ1) is 9.48. The third-order valence-corrected chi connectivity index (χ3v) is 2.37. The first-order valence-corrected chi connectivity index (χ1v) is 4.09. The van der Waals surface area contributed by atoms with Gasteiger partial charge in [0.2, 0.25) is 0 Å². The second-order valence-electron chi connectivity index (χ2n) is 3.27. The monoisotopic (exact) mass is 173 g/mol. The molecule has 0 amide bonds. The highest BCUT2D eigenvalue weighted by Crippen LogP contribution is 2.18. The van der Waals surface area contributed by atoms with Crippen molar-refractivity contribution >= 4 is 5.97 Å². The molecule has 4 heteroatoms. The van der Waals surface area contributed by atoms with Gasteiger partial charge >= 0.3 is 5.97 Å². The maximum absolute atomic E-state index is 10.8. The molecule has 1 N–H and O–H groups in total. The van der Waals surface area contributed by atoms with Crippen molar-refractivity contribution in [3.63, 3.8) is 0 Å². The molecule has 1 heterocycles. The molecular weight excluding hydrogens is 158 g/mol. The van der Waals surface area contributed by atoms with Crippen molar-refractivity contribution in [3.05, 3.63) is 0 Å². The molecule has 0 saturated carbocycles. The van der Waals surface area contributed by atoms with Crippen molar-refractivity contribution in [3.8, 4) is 0 Å². The Labute approximate surface area is 72.1 Å². The summed E-state index contributed by atoms with van der Waals surface area (Å²) in [6, 6.07) is 0. The maximum atomic E-state index is 10.8. The van der Waals surface area contributed by atoms with E-state index in [0.29, 0.717) is 6.54 Å². The SMILES string of the molecule is COC1CCN(C)CC1C(=O)O. The van der Waals surface area contributed by atoms with Crippen LogP contribution in [-0.2, 0) is 9.53 Å². The van der Waals surface area contributed by atoms with Gasteiger partial charge in [-0.25, -0.2) is 0 Å². The number of nitrogens with zero attached hydrogens (tertiary/aromatic N) is 1. The summed E-state index contributed by atoms with van der Waals surface area (Å²) in [6.45, 7) is 1.51. The van der Waals surface area contributed by atoms with E-state index in [-0.39, 0.29) is 12.0 Å². The summed E-state index contributed by atoms with van der Waals surface area (Å²) >= 11 is 0. The number of hydrogen-bond acceptors (Lipinski definition) is 3. The third kappa shape index (κ3) is 1.95. The molecule has 2 unspecified atom stereocenters. The number of carboxylic acid groups (broad SMARTS) is 1. The predicted molar refractivity (Wildman–Crippen MR) is 44.0 cm³/mol. The number of carboxylic acids is 1. The lowest BCUT2D eigenvalue weighted by Gasteiger charge is -2.33. The van der Waals surface area contributed by atoms with Gasteiger partial charge in [-0.1, -0.05) is 0 Å². The van der Waals surface area contributed by atoms with Crippen molar-refractivity contribution < 1.29 is 14.6 Å². The lowest BCUT2D eigenvalue weighted by molar-refractivity contribution is -0.149. The van der Waals surface area contributed by atoms with Crippen LogP contribution in [0.5, 0.6) is 0 Å². The molecule has 12 heavy (non-hydrogen) atoms. The summed E-state index contributed by atoms with van der Waals surface area (Å²) in [6.07, 6.45) is 0.697. The van der Waals surface area contributed by atoms with Gasteiger partial charge in [-0.05, 0) is 13.5 Å². The Balaban J connectivity index is 2.58. The average molecular weight is 173 g/mol. The van der Waals surface area contributed by atoms with Gasteiger partial charge in [-0.3, -0.25) is 4.79 Å². The van der Waals surface area contributed by atoms with Crippen LogP contribution in [0.25, 0.3) is 0 Å². The van der Waals surface area contributed by atoms with Gasteiger partial charge < -0.3 is 14.7 Å². The van der Waals surface area contributed by atoms with Crippen molar-refractivity contribution in [2.45, 2.75) is 12.5 Å². The summed E-state index contributed by atoms with van der Waals surface area (Å²) in [7, 11) is 3.51. The Kier molecular flexibility index (Phi) is 3.05. The largest absolute Gasteiger partial charge is 0.481 e. The standard InChI is InChI=1S/C8H15NO3/c1-9-4-3-7(12-2)6(5-9)8(10)11/h6-7H,3-5H2,1-2H3,(H,10,11). The number of carbonyl (C=O) groups is 1. The number of likely N-dealkylation sites (tertiary alicyclic amines) is 1. The van der Waals surface area contributed by atoms with Crippen molar-refractivity contribution in [1.82, 2.24) is 4.90 Å². The third-order valence-electron chi connectivity index (χ3n) is 2.37. The number of hydrogen-bond donors (Lipinski definition) is 1.